The van der Waals surface area contributed by atoms with Crippen LogP contribution < -0.4 is 0 Å². The average molecular weight is 185 g/mol. The van der Waals surface area contributed by atoms with E-state index in [1.54, 1.807) is 0 Å². The first-order chi connectivity index (χ1) is 6.07. The van der Waals surface area contributed by atoms with Crippen molar-refractivity contribution < 1.29 is 20.4 Å². The summed E-state index contributed by atoms with van der Waals surface area (Å²) in [5.41, 5.74) is 0.411. The number of aromatic nitrogens is 1. The van der Waals surface area contributed by atoms with Gasteiger partial charge in [0.2, 0.25) is 0 Å². The summed E-state index contributed by atoms with van der Waals surface area (Å²) in [5.74, 6) is -0.290. The number of nitrogens with zero attached hydrogens (tertiary/aromatic N) is 1. The molecule has 0 saturated heterocycles. The van der Waals surface area contributed by atoms with Crippen LogP contribution in [-0.2, 0) is 6.61 Å². The number of hydrogen-bond donors (Lipinski definition) is 4. The number of rotatable bonds is 2. The first-order valence-corrected chi connectivity index (χ1v) is 3.72. The van der Waals surface area contributed by atoms with Gasteiger partial charge in [0, 0.05) is 11.8 Å². The largest absolute Gasteiger partial charge is 0.506 e. The van der Waals surface area contributed by atoms with Gasteiger partial charge in [-0.1, -0.05) is 0 Å². The van der Waals surface area contributed by atoms with E-state index in [4.69, 9.17) is 15.3 Å². The highest BCUT2D eigenvalue weighted by Gasteiger charge is 2.16. The fourth-order valence-electron chi connectivity index (χ4n) is 1.07. The second-order valence-corrected chi connectivity index (χ2v) is 2.66. The predicted octanol–water partition coefficient (Wildman–Crippen LogP) is -0.429. The second kappa shape index (κ2) is 3.69. The lowest BCUT2D eigenvalue weighted by Gasteiger charge is -2.12. The van der Waals surface area contributed by atoms with Crippen molar-refractivity contribution in [2.75, 3.05) is 0 Å². The van der Waals surface area contributed by atoms with Gasteiger partial charge in [0.15, 0.2) is 6.29 Å². The van der Waals surface area contributed by atoms with Gasteiger partial charge in [0.25, 0.3) is 0 Å². The topological polar surface area (TPSA) is 93.8 Å². The van der Waals surface area contributed by atoms with E-state index in [-0.39, 0.29) is 16.9 Å². The molecule has 72 valence electrons. The molecule has 1 heterocycles. The molecule has 0 spiro atoms. The van der Waals surface area contributed by atoms with Crippen molar-refractivity contribution in [3.8, 4) is 5.75 Å². The van der Waals surface area contributed by atoms with Gasteiger partial charge in [0.1, 0.15) is 5.75 Å². The summed E-state index contributed by atoms with van der Waals surface area (Å²) in [6.07, 6.45) is -0.507. The molecule has 0 aromatic carbocycles. The van der Waals surface area contributed by atoms with Crippen LogP contribution in [0.2, 0.25) is 0 Å². The second-order valence-electron chi connectivity index (χ2n) is 2.66. The first-order valence-electron chi connectivity index (χ1n) is 3.72. The van der Waals surface area contributed by atoms with Gasteiger partial charge in [-0.3, -0.25) is 4.98 Å². The van der Waals surface area contributed by atoms with E-state index < -0.39 is 12.9 Å². The molecule has 5 nitrogen and oxygen atoms in total. The zero-order valence-electron chi connectivity index (χ0n) is 7.10. The Kier molecular flexibility index (Phi) is 2.82. The van der Waals surface area contributed by atoms with Gasteiger partial charge in [-0.2, -0.15) is 0 Å². The maximum Gasteiger partial charge on any atom is 0.182 e. The van der Waals surface area contributed by atoms with Crippen LogP contribution in [0.15, 0.2) is 6.20 Å². The molecule has 0 aliphatic heterocycles. The molecule has 0 aliphatic rings. The summed E-state index contributed by atoms with van der Waals surface area (Å²) in [4.78, 5) is 3.76. The monoisotopic (exact) mass is 185 g/mol. The van der Waals surface area contributed by atoms with Gasteiger partial charge in [0.05, 0.1) is 17.9 Å². The highest BCUT2D eigenvalue weighted by molar-refractivity contribution is 5.41. The van der Waals surface area contributed by atoms with E-state index in [9.17, 15) is 5.11 Å². The maximum atomic E-state index is 9.39. The zero-order valence-corrected chi connectivity index (χ0v) is 7.10. The van der Waals surface area contributed by atoms with E-state index in [0.717, 1.165) is 0 Å². The van der Waals surface area contributed by atoms with Crippen LogP contribution in [0, 0.1) is 6.92 Å². The Balaban J connectivity index is 3.32. The minimum atomic E-state index is -1.80. The molecule has 13 heavy (non-hydrogen) atoms. The van der Waals surface area contributed by atoms with Gasteiger partial charge in [-0.05, 0) is 6.92 Å². The third-order valence-corrected chi connectivity index (χ3v) is 1.79. The minimum Gasteiger partial charge on any atom is -0.506 e. The lowest BCUT2D eigenvalue weighted by atomic mass is 10.1. The zero-order chi connectivity index (χ0) is 10.0. The fourth-order valence-corrected chi connectivity index (χ4v) is 1.07. The van der Waals surface area contributed by atoms with Crippen LogP contribution in [0.25, 0.3) is 0 Å². The third kappa shape index (κ3) is 1.77. The summed E-state index contributed by atoms with van der Waals surface area (Å²) >= 11 is 0. The van der Waals surface area contributed by atoms with E-state index >= 15 is 0 Å². The van der Waals surface area contributed by atoms with Gasteiger partial charge >= 0.3 is 0 Å². The highest BCUT2D eigenvalue weighted by atomic mass is 16.5. The summed E-state index contributed by atoms with van der Waals surface area (Å²) in [6.45, 7) is 1.14. The number of aliphatic hydroxyl groups is 3. The Hall–Kier alpha value is -1.17. The smallest absolute Gasteiger partial charge is 0.182 e. The normalized spacial score (nSPS) is 10.8. The SMILES string of the molecule is Cc1ncc(CO)c(C(O)O)c1O. The summed E-state index contributed by atoms with van der Waals surface area (Å²) < 4.78 is 0. The van der Waals surface area contributed by atoms with E-state index in [2.05, 4.69) is 4.98 Å². The van der Waals surface area contributed by atoms with Crippen molar-refractivity contribution in [1.82, 2.24) is 4.98 Å². The molecule has 1 aromatic heterocycles. The number of hydrogen-bond acceptors (Lipinski definition) is 5. The van der Waals surface area contributed by atoms with Crippen molar-refractivity contribution in [3.63, 3.8) is 0 Å². The van der Waals surface area contributed by atoms with Gasteiger partial charge in [-0.25, -0.2) is 0 Å². The highest BCUT2D eigenvalue weighted by Crippen LogP contribution is 2.28. The molecule has 0 bridgehead atoms. The van der Waals surface area contributed by atoms with Crippen LogP contribution in [0.5, 0.6) is 5.75 Å². The van der Waals surface area contributed by atoms with Crippen LogP contribution in [0.4, 0.5) is 0 Å². The summed E-state index contributed by atoms with van der Waals surface area (Å²) in [5, 5.41) is 36.0. The molecular formula is C8H11NO4. The molecular weight excluding hydrogens is 174 g/mol. The van der Waals surface area contributed by atoms with Gasteiger partial charge in [-0.15, -0.1) is 0 Å². The molecule has 0 amide bonds. The van der Waals surface area contributed by atoms with E-state index in [1.165, 1.54) is 13.1 Å². The number of pyridine rings is 1. The standard InChI is InChI=1S/C8H11NO4/c1-4-7(11)6(8(12)13)5(3-10)2-9-4/h2,8,10-13H,3H2,1H3. The van der Waals surface area contributed by atoms with E-state index in [1.807, 2.05) is 0 Å². The Morgan fingerprint density at radius 2 is 2.08 bits per heavy atom. The molecule has 4 N–H and O–H groups in total. The molecule has 0 fully saturated rings. The number of aromatic hydroxyl groups is 1. The van der Waals surface area contributed by atoms with Crippen molar-refractivity contribution in [1.29, 1.82) is 0 Å². The lowest BCUT2D eigenvalue weighted by molar-refractivity contribution is -0.0453. The van der Waals surface area contributed by atoms with Crippen molar-refractivity contribution in [2.24, 2.45) is 0 Å². The molecule has 1 rings (SSSR count). The van der Waals surface area contributed by atoms with Crippen LogP contribution >= 0.6 is 0 Å². The average Bonchev–Trinajstić information content (AvgIpc) is 2.08. The van der Waals surface area contributed by atoms with Crippen LogP contribution in [0.1, 0.15) is 23.1 Å². The summed E-state index contributed by atoms with van der Waals surface area (Å²) in [7, 11) is 0. The maximum absolute atomic E-state index is 9.39. The fraction of sp³-hybridized carbons (Fsp3) is 0.375. The molecule has 0 radical (unpaired) electrons. The molecule has 1 aromatic rings. The van der Waals surface area contributed by atoms with Crippen LogP contribution in [-0.4, -0.2) is 25.4 Å². The Morgan fingerprint density at radius 3 is 2.54 bits per heavy atom. The minimum absolute atomic E-state index is 0.0880. The van der Waals surface area contributed by atoms with Gasteiger partial charge < -0.3 is 20.4 Å². The molecule has 0 atom stereocenters. The Labute approximate surface area is 74.9 Å². The quantitative estimate of drug-likeness (QED) is 0.469. The van der Waals surface area contributed by atoms with Crippen LogP contribution in [0.3, 0.4) is 0 Å². The molecule has 0 aliphatic carbocycles. The first kappa shape index (κ1) is 9.91. The predicted molar refractivity (Wildman–Crippen MR) is 43.7 cm³/mol. The Bertz CT molecular complexity index is 311. The molecule has 0 saturated carbocycles. The van der Waals surface area contributed by atoms with Crippen molar-refractivity contribution in [2.45, 2.75) is 19.8 Å². The summed E-state index contributed by atoms with van der Waals surface area (Å²) in [6, 6.07) is 0. The van der Waals surface area contributed by atoms with E-state index in [0.29, 0.717) is 5.69 Å². The molecule has 5 heteroatoms. The third-order valence-electron chi connectivity index (χ3n) is 1.79. The Morgan fingerprint density at radius 1 is 1.46 bits per heavy atom. The number of aliphatic hydroxyl groups excluding tert-OH is 2. The lowest BCUT2D eigenvalue weighted by Crippen LogP contribution is -2.04. The number of aryl methyl sites for hydroxylation is 1. The molecule has 0 unspecified atom stereocenters. The van der Waals surface area contributed by atoms with Crippen molar-refractivity contribution in [3.05, 3.63) is 23.0 Å². The van der Waals surface area contributed by atoms with Crippen molar-refractivity contribution >= 4 is 0 Å².